The van der Waals surface area contributed by atoms with Gasteiger partial charge in [-0.15, -0.1) is 11.3 Å². The van der Waals surface area contributed by atoms with Gasteiger partial charge < -0.3 is 0 Å². The molecule has 1 aromatic heterocycles. The summed E-state index contributed by atoms with van der Waals surface area (Å²) in [5, 5.41) is 1.96. The van der Waals surface area contributed by atoms with Gasteiger partial charge in [-0.05, 0) is 49.9 Å². The van der Waals surface area contributed by atoms with Crippen LogP contribution in [0.3, 0.4) is 0 Å². The Balaban J connectivity index is 2.45. The van der Waals surface area contributed by atoms with E-state index < -0.39 is 10.0 Å². The second-order valence-corrected chi connectivity index (χ2v) is 8.94. The van der Waals surface area contributed by atoms with Crippen molar-refractivity contribution in [3.8, 4) is 0 Å². The predicted octanol–water partition coefficient (Wildman–Crippen LogP) is 4.42. The summed E-state index contributed by atoms with van der Waals surface area (Å²) in [7, 11) is -3.52. The van der Waals surface area contributed by atoms with Crippen LogP contribution in [0.15, 0.2) is 45.1 Å². The van der Waals surface area contributed by atoms with Crippen molar-refractivity contribution in [2.24, 2.45) is 0 Å². The lowest BCUT2D eigenvalue weighted by atomic mass is 10.2. The number of aryl methyl sites for hydroxylation is 1. The Hall–Kier alpha value is -0.690. The van der Waals surface area contributed by atoms with Gasteiger partial charge in [0.05, 0.1) is 4.90 Å². The molecule has 1 heterocycles. The first-order valence-corrected chi connectivity index (χ1v) is 9.74. The number of hydrogen-bond acceptors (Lipinski definition) is 3. The van der Waals surface area contributed by atoms with Crippen LogP contribution in [0.1, 0.15) is 24.3 Å². The summed E-state index contributed by atoms with van der Waals surface area (Å²) in [5.41, 5.74) is 0.759. The molecule has 3 nitrogen and oxygen atoms in total. The van der Waals surface area contributed by atoms with Crippen molar-refractivity contribution in [2.45, 2.75) is 38.3 Å². The smallest absolute Gasteiger partial charge is 0.207 e. The van der Waals surface area contributed by atoms with Crippen molar-refractivity contribution in [1.29, 1.82) is 0 Å². The van der Waals surface area contributed by atoms with E-state index in [1.807, 2.05) is 50.4 Å². The molecule has 0 atom stereocenters. The molecule has 0 aliphatic heterocycles. The molecular weight excluding hydrogens is 370 g/mol. The van der Waals surface area contributed by atoms with E-state index in [1.165, 1.54) is 0 Å². The van der Waals surface area contributed by atoms with Crippen LogP contribution in [0.4, 0.5) is 0 Å². The molecule has 0 saturated carbocycles. The third kappa shape index (κ3) is 3.74. The fraction of sp³-hybridized carbons (Fsp3) is 0.333. The highest BCUT2D eigenvalue weighted by atomic mass is 79.9. The third-order valence-corrected chi connectivity index (χ3v) is 6.72. The molecule has 0 N–H and O–H groups in total. The Labute approximate surface area is 138 Å². The molecule has 0 unspecified atom stereocenters. The zero-order valence-corrected chi connectivity index (χ0v) is 15.4. The van der Waals surface area contributed by atoms with Crippen LogP contribution in [-0.2, 0) is 16.6 Å². The highest BCUT2D eigenvalue weighted by Gasteiger charge is 2.28. The monoisotopic (exact) mass is 387 g/mol. The summed E-state index contributed by atoms with van der Waals surface area (Å²) >= 11 is 4.93. The van der Waals surface area contributed by atoms with E-state index in [2.05, 4.69) is 15.9 Å². The van der Waals surface area contributed by atoms with Gasteiger partial charge in [0.2, 0.25) is 10.0 Å². The third-order valence-electron chi connectivity index (χ3n) is 3.20. The fourth-order valence-electron chi connectivity index (χ4n) is 2.08. The van der Waals surface area contributed by atoms with Crippen molar-refractivity contribution in [2.75, 3.05) is 0 Å². The van der Waals surface area contributed by atoms with Crippen LogP contribution in [0.5, 0.6) is 0 Å². The van der Waals surface area contributed by atoms with Crippen molar-refractivity contribution < 1.29 is 8.42 Å². The summed E-state index contributed by atoms with van der Waals surface area (Å²) in [5.74, 6) is 0. The number of sulfonamides is 1. The normalized spacial score (nSPS) is 12.3. The summed E-state index contributed by atoms with van der Waals surface area (Å²) in [6, 6.07) is 9.15. The van der Waals surface area contributed by atoms with Crippen molar-refractivity contribution in [3.63, 3.8) is 0 Å². The minimum atomic E-state index is -3.52. The maximum atomic E-state index is 13.0. The number of benzene rings is 1. The minimum absolute atomic E-state index is 0.101. The maximum absolute atomic E-state index is 13.0. The van der Waals surface area contributed by atoms with Gasteiger partial charge in [0.1, 0.15) is 0 Å². The molecular formula is C15H18BrNO2S2. The quantitative estimate of drug-likeness (QED) is 0.761. The molecule has 0 amide bonds. The lowest BCUT2D eigenvalue weighted by Gasteiger charge is -2.26. The highest BCUT2D eigenvalue weighted by molar-refractivity contribution is 9.10. The van der Waals surface area contributed by atoms with E-state index in [4.69, 9.17) is 0 Å². The van der Waals surface area contributed by atoms with Gasteiger partial charge in [0.25, 0.3) is 0 Å². The molecule has 0 fully saturated rings. The van der Waals surface area contributed by atoms with Crippen LogP contribution < -0.4 is 0 Å². The predicted molar refractivity (Wildman–Crippen MR) is 91.1 cm³/mol. The first kappa shape index (κ1) is 16.7. The molecule has 2 aromatic rings. The average Bonchev–Trinajstić information content (AvgIpc) is 2.91. The Kier molecular flexibility index (Phi) is 5.24. The molecule has 0 bridgehead atoms. The van der Waals surface area contributed by atoms with Gasteiger partial charge >= 0.3 is 0 Å². The van der Waals surface area contributed by atoms with Gasteiger partial charge in [0.15, 0.2) is 0 Å². The van der Waals surface area contributed by atoms with Gasteiger partial charge in [-0.2, -0.15) is 4.31 Å². The molecule has 0 aliphatic rings. The first-order valence-electron chi connectivity index (χ1n) is 6.62. The van der Waals surface area contributed by atoms with Crippen LogP contribution in [0, 0.1) is 6.92 Å². The van der Waals surface area contributed by atoms with Crippen LogP contribution in [0.2, 0.25) is 0 Å². The molecule has 6 heteroatoms. The second-order valence-electron chi connectivity index (χ2n) is 5.13. The lowest BCUT2D eigenvalue weighted by Crippen LogP contribution is -2.36. The Morgan fingerprint density at radius 1 is 1.29 bits per heavy atom. The number of thiophene rings is 1. The van der Waals surface area contributed by atoms with Crippen LogP contribution >= 0.6 is 27.3 Å². The number of nitrogens with zero attached hydrogens (tertiary/aromatic N) is 1. The van der Waals surface area contributed by atoms with Gasteiger partial charge in [-0.25, -0.2) is 8.42 Å². The first-order chi connectivity index (χ1) is 9.82. The molecule has 0 saturated heterocycles. The van der Waals surface area contributed by atoms with E-state index in [9.17, 15) is 8.42 Å². The number of halogens is 1. The number of hydrogen-bond donors (Lipinski definition) is 0. The van der Waals surface area contributed by atoms with E-state index in [0.717, 1.165) is 14.9 Å². The molecule has 0 spiro atoms. The zero-order chi connectivity index (χ0) is 15.6. The molecule has 1 aromatic carbocycles. The summed E-state index contributed by atoms with van der Waals surface area (Å²) in [4.78, 5) is 1.40. The topological polar surface area (TPSA) is 37.4 Å². The van der Waals surface area contributed by atoms with Gasteiger partial charge in [-0.3, -0.25) is 0 Å². The molecule has 114 valence electrons. The molecule has 0 aliphatic carbocycles. The Morgan fingerprint density at radius 2 is 2.00 bits per heavy atom. The fourth-order valence-corrected chi connectivity index (χ4v) is 5.24. The average molecular weight is 388 g/mol. The molecule has 0 radical (unpaired) electrons. The van der Waals surface area contributed by atoms with E-state index in [-0.39, 0.29) is 6.04 Å². The van der Waals surface area contributed by atoms with E-state index in [1.54, 1.807) is 21.7 Å². The van der Waals surface area contributed by atoms with Crippen molar-refractivity contribution in [1.82, 2.24) is 4.31 Å². The van der Waals surface area contributed by atoms with E-state index >= 15 is 0 Å². The van der Waals surface area contributed by atoms with Crippen LogP contribution in [-0.4, -0.2) is 18.8 Å². The van der Waals surface area contributed by atoms with Gasteiger partial charge in [-0.1, -0.05) is 28.1 Å². The zero-order valence-electron chi connectivity index (χ0n) is 12.2. The van der Waals surface area contributed by atoms with Crippen molar-refractivity contribution >= 4 is 37.3 Å². The highest BCUT2D eigenvalue weighted by Crippen LogP contribution is 2.27. The molecule has 2 rings (SSSR count). The van der Waals surface area contributed by atoms with E-state index in [0.29, 0.717) is 11.4 Å². The van der Waals surface area contributed by atoms with Crippen LogP contribution in [0.25, 0.3) is 0 Å². The summed E-state index contributed by atoms with van der Waals surface area (Å²) in [6.07, 6.45) is 0. The number of rotatable bonds is 5. The standard InChI is InChI=1S/C15H18BrNO2S2/c1-11(2)17(10-14-5-4-8-20-14)21(18,19)15-9-13(16)7-6-12(15)3/h4-9,11H,10H2,1-3H3. The maximum Gasteiger partial charge on any atom is 0.243 e. The minimum Gasteiger partial charge on any atom is -0.207 e. The summed E-state index contributed by atoms with van der Waals surface area (Å²) in [6.45, 7) is 6.03. The Bertz CT molecular complexity index is 709. The Morgan fingerprint density at radius 3 is 2.57 bits per heavy atom. The SMILES string of the molecule is Cc1ccc(Br)cc1S(=O)(=O)N(Cc1cccs1)C(C)C. The second kappa shape index (κ2) is 6.60. The van der Waals surface area contributed by atoms with Crippen molar-refractivity contribution in [3.05, 3.63) is 50.6 Å². The lowest BCUT2D eigenvalue weighted by molar-refractivity contribution is 0.350. The summed E-state index contributed by atoms with van der Waals surface area (Å²) < 4.78 is 28.3. The van der Waals surface area contributed by atoms with Gasteiger partial charge in [0, 0.05) is 21.9 Å². The molecule has 21 heavy (non-hydrogen) atoms. The largest absolute Gasteiger partial charge is 0.243 e.